The third-order valence-corrected chi connectivity index (χ3v) is 2.95. The van der Waals surface area contributed by atoms with Crippen molar-refractivity contribution in [1.82, 2.24) is 9.97 Å². The van der Waals surface area contributed by atoms with Crippen LogP contribution in [0, 0.1) is 11.2 Å². The molecule has 0 bridgehead atoms. The number of nitriles is 1. The number of hydrogen-bond donors (Lipinski definition) is 1. The molecule has 0 fully saturated rings. The van der Waals surface area contributed by atoms with E-state index in [1.165, 1.54) is 0 Å². The molecule has 0 unspecified atom stereocenters. The number of rotatable bonds is 2. The van der Waals surface area contributed by atoms with Gasteiger partial charge in [0.05, 0.1) is 0 Å². The van der Waals surface area contributed by atoms with E-state index in [0.717, 1.165) is 16.7 Å². The molecule has 1 N–H and O–H groups in total. The molecular weight excluding hydrogens is 260 g/mol. The number of nitrogens with one attached hydrogen (secondary N) is 1. The van der Waals surface area contributed by atoms with E-state index in [1.807, 2.05) is 18.2 Å². The summed E-state index contributed by atoms with van der Waals surface area (Å²) in [6, 6.07) is 7.42. The Kier molecular flexibility index (Phi) is 2.90. The molecule has 0 saturated heterocycles. The van der Waals surface area contributed by atoms with Crippen molar-refractivity contribution >= 4 is 41.6 Å². The molecule has 2 aromatic rings. The number of fused-ring (bicyclic) bond motifs is 1. The van der Waals surface area contributed by atoms with E-state index in [9.17, 15) is 0 Å². The quantitative estimate of drug-likeness (QED) is 0.662. The van der Waals surface area contributed by atoms with Crippen LogP contribution in [0.3, 0.4) is 0 Å². The second-order valence-electron chi connectivity index (χ2n) is 3.99. The smallest absolute Gasteiger partial charge is 0.340 e. The normalized spacial score (nSPS) is 12.1. The van der Waals surface area contributed by atoms with Gasteiger partial charge in [0.2, 0.25) is 5.28 Å². The van der Waals surface area contributed by atoms with Crippen molar-refractivity contribution in [3.8, 4) is 5.97 Å². The Morgan fingerprint density at radius 3 is 3.00 bits per heavy atom. The maximum atomic E-state index is 8.94. The van der Waals surface area contributed by atoms with Gasteiger partial charge in [-0.05, 0) is 40.8 Å². The van der Waals surface area contributed by atoms with Crippen LogP contribution in [0.5, 0.6) is 0 Å². The fourth-order valence-electron chi connectivity index (χ4n) is 1.90. The molecule has 0 atom stereocenters. The monoisotopic (exact) mass is 267 g/mol. The van der Waals surface area contributed by atoms with E-state index >= 15 is 0 Å². The highest BCUT2D eigenvalue weighted by molar-refractivity contribution is 6.82. The lowest BCUT2D eigenvalue weighted by atomic mass is 9.59. The number of nitrogens with zero attached hydrogens (tertiary/aromatic N) is 4. The number of hydrogen-bond acceptors (Lipinski definition) is 5. The van der Waals surface area contributed by atoms with Gasteiger partial charge in [0.15, 0.2) is 0 Å². The SMILES string of the molecule is N#CB1N=Cc2cc(Nc3ccnc(Cl)n3)ccc21. The summed E-state index contributed by atoms with van der Waals surface area (Å²) in [4.78, 5) is 12.0. The van der Waals surface area contributed by atoms with Crippen LogP contribution in [0.25, 0.3) is 0 Å². The molecule has 0 saturated carbocycles. The van der Waals surface area contributed by atoms with Crippen LogP contribution in [-0.4, -0.2) is 23.0 Å². The van der Waals surface area contributed by atoms with Gasteiger partial charge in [0.1, 0.15) is 5.82 Å². The Bertz CT molecular complexity index is 710. The first kappa shape index (κ1) is 11.7. The maximum Gasteiger partial charge on any atom is 0.429 e. The Labute approximate surface area is 115 Å². The molecule has 1 aliphatic heterocycles. The first-order valence-electron chi connectivity index (χ1n) is 5.58. The largest absolute Gasteiger partial charge is 0.429 e. The minimum absolute atomic E-state index is 0.192. The van der Waals surface area contributed by atoms with E-state index in [0.29, 0.717) is 5.82 Å². The van der Waals surface area contributed by atoms with Crippen LogP contribution in [-0.2, 0) is 0 Å². The summed E-state index contributed by atoms with van der Waals surface area (Å²) in [6.45, 7) is -0.391. The summed E-state index contributed by atoms with van der Waals surface area (Å²) in [7, 11) is 0. The highest BCUT2D eigenvalue weighted by Gasteiger charge is 2.23. The van der Waals surface area contributed by atoms with Crippen molar-refractivity contribution in [3.63, 3.8) is 0 Å². The van der Waals surface area contributed by atoms with Crippen molar-refractivity contribution < 1.29 is 0 Å². The molecule has 0 spiro atoms. The molecule has 2 heterocycles. The molecule has 1 aliphatic rings. The summed E-state index contributed by atoms with van der Waals surface area (Å²) < 4.78 is 0. The van der Waals surface area contributed by atoms with Crippen LogP contribution in [0.2, 0.25) is 5.28 Å². The van der Waals surface area contributed by atoms with Gasteiger partial charge in [-0.15, -0.1) is 0 Å². The number of aromatic nitrogens is 2. The lowest BCUT2D eigenvalue weighted by Gasteiger charge is -2.07. The average molecular weight is 267 g/mol. The van der Waals surface area contributed by atoms with Crippen LogP contribution in [0.15, 0.2) is 35.4 Å². The Morgan fingerprint density at radius 2 is 2.21 bits per heavy atom. The van der Waals surface area contributed by atoms with Crippen molar-refractivity contribution in [2.75, 3.05) is 5.32 Å². The number of benzene rings is 1. The lowest BCUT2D eigenvalue weighted by molar-refractivity contribution is 1.17. The fraction of sp³-hybridized carbons (Fsp3) is 0. The molecule has 1 aromatic heterocycles. The van der Waals surface area contributed by atoms with E-state index in [2.05, 4.69) is 26.2 Å². The first-order valence-corrected chi connectivity index (χ1v) is 5.96. The summed E-state index contributed by atoms with van der Waals surface area (Å²) in [5, 5.41) is 12.3. The molecule has 3 rings (SSSR count). The second kappa shape index (κ2) is 4.71. The minimum Gasteiger partial charge on any atom is -0.340 e. The first-order chi connectivity index (χ1) is 9.26. The predicted molar refractivity (Wildman–Crippen MR) is 75.4 cm³/mol. The van der Waals surface area contributed by atoms with Gasteiger partial charge in [0, 0.05) is 24.1 Å². The van der Waals surface area contributed by atoms with Gasteiger partial charge in [-0.2, -0.15) is 0 Å². The Balaban J connectivity index is 1.88. The summed E-state index contributed by atoms with van der Waals surface area (Å²) in [5.74, 6) is 2.76. The maximum absolute atomic E-state index is 8.94. The van der Waals surface area contributed by atoms with Gasteiger partial charge in [-0.3, -0.25) is 0 Å². The van der Waals surface area contributed by atoms with Gasteiger partial charge >= 0.3 is 6.85 Å². The highest BCUT2D eigenvalue weighted by Crippen LogP contribution is 2.17. The topological polar surface area (TPSA) is 74.0 Å². The molecule has 0 amide bonds. The van der Waals surface area contributed by atoms with Crippen molar-refractivity contribution in [2.24, 2.45) is 4.90 Å². The highest BCUT2D eigenvalue weighted by atomic mass is 35.5. The van der Waals surface area contributed by atoms with E-state index < -0.39 is 6.85 Å². The zero-order valence-corrected chi connectivity index (χ0v) is 10.5. The summed E-state index contributed by atoms with van der Waals surface area (Å²) in [6.07, 6.45) is 3.29. The van der Waals surface area contributed by atoms with Crippen LogP contribution in [0.4, 0.5) is 11.5 Å². The fourth-order valence-corrected chi connectivity index (χ4v) is 2.05. The third-order valence-electron chi connectivity index (χ3n) is 2.76. The number of halogens is 1. The van der Waals surface area contributed by atoms with Crippen molar-refractivity contribution in [1.29, 1.82) is 5.26 Å². The zero-order valence-electron chi connectivity index (χ0n) is 9.71. The Hall–Kier alpha value is -2.39. The molecule has 0 aliphatic carbocycles. The lowest BCUT2D eigenvalue weighted by Crippen LogP contribution is -2.24. The number of anilines is 2. The zero-order chi connectivity index (χ0) is 13.2. The van der Waals surface area contributed by atoms with Crippen molar-refractivity contribution in [3.05, 3.63) is 41.3 Å². The van der Waals surface area contributed by atoms with Crippen LogP contribution >= 0.6 is 11.6 Å². The van der Waals surface area contributed by atoms with Crippen LogP contribution in [0.1, 0.15) is 5.56 Å². The molecule has 0 radical (unpaired) electrons. The molecule has 1 aromatic carbocycles. The standard InChI is InChI=1S/C12H7BClN5/c14-12-16-4-3-11(19-12)18-9-1-2-10-8(5-9)6-17-13(10)7-15/h1-6H,(H,16,18,19). The van der Waals surface area contributed by atoms with E-state index in [-0.39, 0.29) is 5.28 Å². The predicted octanol–water partition coefficient (Wildman–Crippen LogP) is 1.57. The summed E-state index contributed by atoms with van der Waals surface area (Å²) in [5.41, 5.74) is 2.73. The third kappa shape index (κ3) is 2.28. The molecule has 5 nitrogen and oxygen atoms in total. The molecule has 7 heteroatoms. The molecular formula is C12H7BClN5. The summed E-state index contributed by atoms with van der Waals surface area (Å²) >= 11 is 5.72. The second-order valence-corrected chi connectivity index (χ2v) is 4.33. The molecule has 90 valence electrons. The van der Waals surface area contributed by atoms with Crippen molar-refractivity contribution in [2.45, 2.75) is 0 Å². The van der Waals surface area contributed by atoms with Gasteiger partial charge < -0.3 is 10.2 Å². The van der Waals surface area contributed by atoms with Gasteiger partial charge in [-0.1, -0.05) is 6.07 Å². The van der Waals surface area contributed by atoms with E-state index in [4.69, 9.17) is 16.9 Å². The minimum atomic E-state index is -0.391. The van der Waals surface area contributed by atoms with Gasteiger partial charge in [0.25, 0.3) is 0 Å². The molecule has 19 heavy (non-hydrogen) atoms. The Morgan fingerprint density at radius 1 is 1.32 bits per heavy atom. The van der Waals surface area contributed by atoms with Gasteiger partial charge in [-0.25, -0.2) is 15.2 Å². The van der Waals surface area contributed by atoms with E-state index in [1.54, 1.807) is 18.5 Å². The van der Waals surface area contributed by atoms with Crippen LogP contribution < -0.4 is 10.8 Å². The average Bonchev–Trinajstić information content (AvgIpc) is 2.81.